The summed E-state index contributed by atoms with van der Waals surface area (Å²) < 4.78 is 28.6. The number of ether oxygens (including phenoxy) is 1. The Kier molecular flexibility index (Phi) is 5.34. The van der Waals surface area contributed by atoms with Crippen molar-refractivity contribution in [2.75, 3.05) is 13.4 Å². The van der Waals surface area contributed by atoms with Crippen molar-refractivity contribution in [1.82, 2.24) is 0 Å². The molecule has 0 saturated carbocycles. The molecule has 5 heteroatoms. The van der Waals surface area contributed by atoms with E-state index in [9.17, 15) is 13.2 Å². The Morgan fingerprint density at radius 2 is 1.90 bits per heavy atom. The predicted molar refractivity (Wildman–Crippen MR) is 79.0 cm³/mol. The molecule has 0 heterocycles. The van der Waals surface area contributed by atoms with Crippen molar-refractivity contribution in [2.45, 2.75) is 44.4 Å². The molecule has 0 saturated heterocycles. The molecule has 0 atom stereocenters. The second-order valence-corrected chi connectivity index (χ2v) is 7.20. The molecule has 0 radical (unpaired) electrons. The van der Waals surface area contributed by atoms with E-state index >= 15 is 0 Å². The van der Waals surface area contributed by atoms with Crippen molar-refractivity contribution in [3.8, 4) is 0 Å². The lowest BCUT2D eigenvalue weighted by molar-refractivity contribution is 0.0599. The summed E-state index contributed by atoms with van der Waals surface area (Å²) >= 11 is 0. The molecular formula is C15H22O4S. The molecule has 4 nitrogen and oxygen atoms in total. The van der Waals surface area contributed by atoms with Gasteiger partial charge in [-0.2, -0.15) is 0 Å². The van der Waals surface area contributed by atoms with Crippen LogP contribution < -0.4 is 0 Å². The molecule has 0 aromatic heterocycles. The zero-order valence-corrected chi connectivity index (χ0v) is 13.5. The summed E-state index contributed by atoms with van der Waals surface area (Å²) in [5.74, 6) is -0.421. The number of methoxy groups -OCH3 is 1. The van der Waals surface area contributed by atoms with Crippen molar-refractivity contribution in [2.24, 2.45) is 0 Å². The molecule has 0 aliphatic heterocycles. The number of hydrogen-bond acceptors (Lipinski definition) is 4. The van der Waals surface area contributed by atoms with E-state index in [1.54, 1.807) is 0 Å². The average Bonchev–Trinajstić information content (AvgIpc) is 2.36. The van der Waals surface area contributed by atoms with Crippen LogP contribution in [0.15, 0.2) is 17.0 Å². The molecule has 0 N–H and O–H groups in total. The van der Waals surface area contributed by atoms with Gasteiger partial charge >= 0.3 is 5.97 Å². The lowest BCUT2D eigenvalue weighted by atomic mass is 9.95. The largest absolute Gasteiger partial charge is 0.465 e. The molecule has 1 aromatic rings. The van der Waals surface area contributed by atoms with E-state index in [-0.39, 0.29) is 10.8 Å². The van der Waals surface area contributed by atoms with Gasteiger partial charge in [-0.05, 0) is 29.5 Å². The Labute approximate surface area is 121 Å². The third kappa shape index (κ3) is 3.60. The Morgan fingerprint density at radius 1 is 1.30 bits per heavy atom. The Hall–Kier alpha value is -1.36. The van der Waals surface area contributed by atoms with E-state index < -0.39 is 15.8 Å². The van der Waals surface area contributed by atoms with Gasteiger partial charge in [0.1, 0.15) is 0 Å². The molecule has 112 valence electrons. The molecule has 0 spiro atoms. The minimum Gasteiger partial charge on any atom is -0.465 e. The molecule has 0 aliphatic carbocycles. The first-order valence-corrected chi connectivity index (χ1v) is 8.56. The fourth-order valence-corrected chi connectivity index (χ4v) is 3.25. The summed E-state index contributed by atoms with van der Waals surface area (Å²) in [6, 6.07) is 3.29. The average molecular weight is 298 g/mol. The van der Waals surface area contributed by atoms with E-state index in [2.05, 4.69) is 0 Å². The van der Waals surface area contributed by atoms with Gasteiger partial charge < -0.3 is 4.74 Å². The number of aryl methyl sites for hydroxylation is 1. The number of rotatable bonds is 5. The normalized spacial score (nSPS) is 11.7. The molecule has 0 fully saturated rings. The van der Waals surface area contributed by atoms with Gasteiger partial charge in [0.05, 0.1) is 17.6 Å². The molecular weight excluding hydrogens is 276 g/mol. The van der Waals surface area contributed by atoms with Gasteiger partial charge in [-0.3, -0.25) is 0 Å². The number of carbonyl (C=O) groups excluding carboxylic acids is 1. The second kappa shape index (κ2) is 6.39. The van der Waals surface area contributed by atoms with E-state index in [4.69, 9.17) is 4.74 Å². The van der Waals surface area contributed by atoms with Gasteiger partial charge in [0, 0.05) is 6.26 Å². The van der Waals surface area contributed by atoms with Crippen LogP contribution in [0.3, 0.4) is 0 Å². The van der Waals surface area contributed by atoms with Gasteiger partial charge in [-0.15, -0.1) is 0 Å². The topological polar surface area (TPSA) is 60.4 Å². The van der Waals surface area contributed by atoms with Gasteiger partial charge in [0.2, 0.25) is 0 Å². The fourth-order valence-electron chi connectivity index (χ4n) is 2.19. The van der Waals surface area contributed by atoms with Gasteiger partial charge in [-0.1, -0.05) is 33.3 Å². The number of sulfone groups is 1. The molecule has 0 unspecified atom stereocenters. The predicted octanol–water partition coefficient (Wildman–Crippen LogP) is 2.95. The third-order valence-electron chi connectivity index (χ3n) is 3.18. The lowest BCUT2D eigenvalue weighted by Gasteiger charge is -2.16. The summed E-state index contributed by atoms with van der Waals surface area (Å²) in [5.41, 5.74) is 1.94. The number of esters is 1. The first-order valence-electron chi connectivity index (χ1n) is 6.67. The van der Waals surface area contributed by atoms with Gasteiger partial charge in [-0.25, -0.2) is 13.2 Å². The first kappa shape index (κ1) is 16.7. The smallest absolute Gasteiger partial charge is 0.338 e. The first-order chi connectivity index (χ1) is 9.22. The highest BCUT2D eigenvalue weighted by Crippen LogP contribution is 2.28. The third-order valence-corrected chi connectivity index (χ3v) is 4.33. The maximum atomic E-state index is 11.9. The van der Waals surface area contributed by atoms with Crippen molar-refractivity contribution >= 4 is 15.8 Å². The van der Waals surface area contributed by atoms with Crippen molar-refractivity contribution < 1.29 is 17.9 Å². The molecule has 0 aliphatic rings. The summed E-state index contributed by atoms with van der Waals surface area (Å²) in [6.07, 6.45) is 2.75. The summed E-state index contributed by atoms with van der Waals surface area (Å²) in [7, 11) is -2.08. The highest BCUT2D eigenvalue weighted by atomic mass is 32.2. The monoisotopic (exact) mass is 298 g/mol. The van der Waals surface area contributed by atoms with E-state index in [1.165, 1.54) is 13.2 Å². The fraction of sp³-hybridized carbons (Fsp3) is 0.533. The highest BCUT2D eigenvalue weighted by Gasteiger charge is 2.22. The molecule has 0 amide bonds. The van der Waals surface area contributed by atoms with E-state index in [1.807, 2.05) is 26.8 Å². The molecule has 1 rings (SSSR count). The van der Waals surface area contributed by atoms with Crippen LogP contribution in [0.4, 0.5) is 0 Å². The number of carbonyl (C=O) groups is 1. The Balaban J connectivity index is 3.64. The van der Waals surface area contributed by atoms with Crippen molar-refractivity contribution in [3.05, 3.63) is 28.8 Å². The van der Waals surface area contributed by atoms with Gasteiger partial charge in [0.25, 0.3) is 0 Å². The number of hydrogen-bond donors (Lipinski definition) is 0. The van der Waals surface area contributed by atoms with Crippen LogP contribution in [-0.4, -0.2) is 27.8 Å². The quantitative estimate of drug-likeness (QED) is 0.784. The van der Waals surface area contributed by atoms with Crippen molar-refractivity contribution in [1.29, 1.82) is 0 Å². The van der Waals surface area contributed by atoms with Crippen LogP contribution in [0.1, 0.15) is 54.6 Å². The molecule has 1 aromatic carbocycles. The minimum atomic E-state index is -3.38. The molecule has 20 heavy (non-hydrogen) atoms. The summed E-state index contributed by atoms with van der Waals surface area (Å²) in [4.78, 5) is 12.1. The highest BCUT2D eigenvalue weighted by molar-refractivity contribution is 7.90. The zero-order chi connectivity index (χ0) is 15.5. The Morgan fingerprint density at radius 3 is 2.30 bits per heavy atom. The SMILES string of the molecule is CCCc1cc(C(C)C)c(S(C)(=O)=O)cc1C(=O)OC. The van der Waals surface area contributed by atoms with Crippen LogP contribution in [0, 0.1) is 0 Å². The zero-order valence-electron chi connectivity index (χ0n) is 12.7. The Bertz CT molecular complexity index is 601. The van der Waals surface area contributed by atoms with Crippen LogP contribution in [-0.2, 0) is 21.0 Å². The molecule has 0 bridgehead atoms. The number of benzene rings is 1. The second-order valence-electron chi connectivity index (χ2n) is 5.22. The van der Waals surface area contributed by atoms with E-state index in [0.29, 0.717) is 12.0 Å². The van der Waals surface area contributed by atoms with Crippen LogP contribution >= 0.6 is 0 Å². The minimum absolute atomic E-state index is 0.0713. The summed E-state index contributed by atoms with van der Waals surface area (Å²) in [5, 5.41) is 0. The van der Waals surface area contributed by atoms with Crippen molar-refractivity contribution in [3.63, 3.8) is 0 Å². The standard InChI is InChI=1S/C15H22O4S/c1-6-7-11-8-12(10(2)3)14(20(5,17)18)9-13(11)15(16)19-4/h8-10H,6-7H2,1-5H3. The van der Waals surface area contributed by atoms with Gasteiger partial charge in [0.15, 0.2) is 9.84 Å². The van der Waals surface area contributed by atoms with Crippen LogP contribution in [0.5, 0.6) is 0 Å². The van der Waals surface area contributed by atoms with Crippen LogP contribution in [0.2, 0.25) is 0 Å². The van der Waals surface area contributed by atoms with Crippen LogP contribution in [0.25, 0.3) is 0 Å². The maximum Gasteiger partial charge on any atom is 0.338 e. The van der Waals surface area contributed by atoms with E-state index in [0.717, 1.165) is 23.8 Å². The lowest BCUT2D eigenvalue weighted by Crippen LogP contribution is -2.12. The maximum absolute atomic E-state index is 11.9. The summed E-state index contributed by atoms with van der Waals surface area (Å²) in [6.45, 7) is 5.90.